The molecule has 9 rings (SSSR count). The van der Waals surface area contributed by atoms with Gasteiger partial charge in [0.15, 0.2) is 17.3 Å². The number of imide groups is 2. The van der Waals surface area contributed by atoms with E-state index >= 15 is 8.78 Å². The minimum absolute atomic E-state index is 0.107. The number of aromatic nitrogens is 3. The molecule has 6 heterocycles. The molecule has 5 aromatic rings. The summed E-state index contributed by atoms with van der Waals surface area (Å²) in [7, 11) is 3.26. The van der Waals surface area contributed by atoms with Crippen LogP contribution in [0.2, 0.25) is 0 Å². The van der Waals surface area contributed by atoms with Crippen LogP contribution in [-0.2, 0) is 17.8 Å². The number of pyridine rings is 1. The molecule has 67 heavy (non-hydrogen) atoms. The molecule has 0 spiro atoms. The van der Waals surface area contributed by atoms with Crippen LogP contribution >= 0.6 is 0 Å². The smallest absolute Gasteiger partial charge is 0.329 e. The van der Waals surface area contributed by atoms with E-state index in [1.165, 1.54) is 42.5 Å². The highest BCUT2D eigenvalue weighted by atomic mass is 19.3. The van der Waals surface area contributed by atoms with Gasteiger partial charge in [-0.15, -0.1) is 0 Å². The number of piperidine rings is 1. The molecule has 3 aromatic carbocycles. The first kappa shape index (κ1) is 45.0. The Bertz CT molecular complexity index is 2760. The average Bonchev–Trinajstić information content (AvgIpc) is 3.79. The summed E-state index contributed by atoms with van der Waals surface area (Å²) in [6.45, 7) is 5.52. The molecule has 0 bridgehead atoms. The van der Waals surface area contributed by atoms with E-state index in [1.54, 1.807) is 54.2 Å². The van der Waals surface area contributed by atoms with Gasteiger partial charge >= 0.3 is 6.03 Å². The first-order chi connectivity index (χ1) is 32.4. The molecule has 2 aromatic heterocycles. The van der Waals surface area contributed by atoms with Crippen molar-refractivity contribution in [3.05, 3.63) is 95.2 Å². The maximum Gasteiger partial charge on any atom is 0.329 e. The molecular weight excluding hydrogens is 867 g/mol. The van der Waals surface area contributed by atoms with Gasteiger partial charge < -0.3 is 19.1 Å². The highest BCUT2D eigenvalue weighted by Crippen LogP contribution is 2.40. The van der Waals surface area contributed by atoms with Gasteiger partial charge in [-0.1, -0.05) is 6.07 Å². The lowest BCUT2D eigenvalue weighted by molar-refractivity contribution is -0.120. The van der Waals surface area contributed by atoms with Gasteiger partial charge in [-0.25, -0.2) is 9.78 Å². The monoisotopic (exact) mass is 916 g/mol. The van der Waals surface area contributed by atoms with Crippen molar-refractivity contribution in [2.24, 2.45) is 7.05 Å². The molecule has 4 aliphatic rings. The maximum atomic E-state index is 15.8. The molecule has 0 saturated carbocycles. The Balaban J connectivity index is 0.780. The largest absolute Gasteiger partial charge is 0.493 e. The molecule has 1 atom stereocenters. The van der Waals surface area contributed by atoms with Gasteiger partial charge in [-0.05, 0) is 93.0 Å². The number of likely N-dealkylation sites (tertiary alicyclic amines) is 1. The van der Waals surface area contributed by atoms with Crippen molar-refractivity contribution in [2.75, 3.05) is 75.9 Å². The molecule has 5 amide bonds. The number of aryl methyl sites for hydroxylation is 1. The van der Waals surface area contributed by atoms with E-state index in [2.05, 4.69) is 26.4 Å². The molecule has 0 aliphatic carbocycles. The Morgan fingerprint density at radius 2 is 1.63 bits per heavy atom. The number of alkyl halides is 2. The van der Waals surface area contributed by atoms with Crippen LogP contribution in [0.5, 0.6) is 23.0 Å². The fourth-order valence-electron chi connectivity index (χ4n) is 9.58. The number of fused-ring (bicyclic) bond motifs is 2. The molecular formula is C48H50F2N10O7. The molecule has 0 radical (unpaired) electrons. The van der Waals surface area contributed by atoms with Crippen LogP contribution < -0.4 is 29.3 Å². The zero-order chi connectivity index (χ0) is 47.0. The van der Waals surface area contributed by atoms with Gasteiger partial charge in [0.2, 0.25) is 5.91 Å². The summed E-state index contributed by atoms with van der Waals surface area (Å²) < 4.78 is 50.3. The lowest BCUT2D eigenvalue weighted by atomic mass is 10.0. The van der Waals surface area contributed by atoms with Crippen LogP contribution in [0.15, 0.2) is 72.9 Å². The summed E-state index contributed by atoms with van der Waals surface area (Å²) in [5, 5.41) is 17.3. The summed E-state index contributed by atoms with van der Waals surface area (Å²) in [5.41, 5.74) is 1.62. The van der Waals surface area contributed by atoms with Gasteiger partial charge in [0, 0.05) is 75.4 Å². The number of urea groups is 1. The van der Waals surface area contributed by atoms with E-state index in [9.17, 15) is 24.4 Å². The highest BCUT2D eigenvalue weighted by Gasteiger charge is 2.44. The lowest BCUT2D eigenvalue weighted by Crippen LogP contribution is -2.54. The fraction of sp³-hybridized carbons (Fsp3) is 0.396. The minimum atomic E-state index is -3.10. The first-order valence-electron chi connectivity index (χ1n) is 22.4. The van der Waals surface area contributed by atoms with E-state index in [0.717, 1.165) is 17.7 Å². The van der Waals surface area contributed by atoms with E-state index in [1.807, 2.05) is 16.7 Å². The van der Waals surface area contributed by atoms with Crippen LogP contribution in [0.3, 0.4) is 0 Å². The zero-order valence-electron chi connectivity index (χ0n) is 37.4. The summed E-state index contributed by atoms with van der Waals surface area (Å²) in [5.74, 6) is -1.77. The van der Waals surface area contributed by atoms with Crippen LogP contribution in [0.4, 0.5) is 25.2 Å². The van der Waals surface area contributed by atoms with E-state index in [0.29, 0.717) is 97.0 Å². The van der Waals surface area contributed by atoms with Crippen molar-refractivity contribution in [3.63, 3.8) is 0 Å². The molecule has 19 heteroatoms. The van der Waals surface area contributed by atoms with Crippen LogP contribution in [-0.4, -0.2) is 125 Å². The first-order valence-corrected chi connectivity index (χ1v) is 22.4. The Morgan fingerprint density at radius 1 is 0.881 bits per heavy atom. The van der Waals surface area contributed by atoms with E-state index in [4.69, 9.17) is 14.2 Å². The molecule has 3 saturated heterocycles. The number of nitrogens with zero attached hydrogens (tertiary/aromatic N) is 9. The third-order valence-corrected chi connectivity index (χ3v) is 13.0. The summed E-state index contributed by atoms with van der Waals surface area (Å²) in [6.07, 6.45) is 3.05. The Hall–Kier alpha value is -7.17. The summed E-state index contributed by atoms with van der Waals surface area (Å²) in [6, 6.07) is 18.7. The quantitative estimate of drug-likeness (QED) is 0.124. The number of carbonyl (C=O) groups is 4. The van der Waals surface area contributed by atoms with E-state index in [-0.39, 0.29) is 48.0 Å². The predicted octanol–water partition coefficient (Wildman–Crippen LogP) is 6.24. The molecule has 3 fully saturated rings. The van der Waals surface area contributed by atoms with Gasteiger partial charge in [0.05, 0.1) is 55.4 Å². The number of methoxy groups -OCH3 is 1. The number of anilines is 2. The summed E-state index contributed by atoms with van der Waals surface area (Å²) in [4.78, 5) is 65.6. The second-order valence-electron chi connectivity index (χ2n) is 17.0. The number of piperazine rings is 1. The highest BCUT2D eigenvalue weighted by molar-refractivity contribution is 6.23. The Labute approximate surface area is 385 Å². The zero-order valence-corrected chi connectivity index (χ0v) is 37.4. The number of halogens is 2. The third-order valence-electron chi connectivity index (χ3n) is 13.0. The molecule has 1 unspecified atom stereocenters. The second kappa shape index (κ2) is 18.6. The fourth-order valence-corrected chi connectivity index (χ4v) is 9.58. The van der Waals surface area contributed by atoms with Crippen molar-refractivity contribution >= 4 is 46.3 Å². The number of amides is 5. The standard InChI is InChI=1S/C48H50F2N10O7/c1-4-66-40-27-30(5-12-39(40)65-3)37(13-18-51)60-45(62)36-14-19-52-44(42(36)46(60)63)58-25-23-57(24-26-58)32-15-20-56(21-16-32)29-48(49,50)31-6-8-33(9-7-31)67-34-10-11-35-38(28-34)55(2)54-43(35)59-22-17-41(61)53-47(59)64/h5-12,14,19,27-28,32,37H,4,13,15-17,20-26,29H2,1-3H3,(H,53,61,64). The van der Waals surface area contributed by atoms with Gasteiger partial charge in [0.25, 0.3) is 17.7 Å². The predicted molar refractivity (Wildman–Crippen MR) is 242 cm³/mol. The van der Waals surface area contributed by atoms with Crippen molar-refractivity contribution in [2.45, 2.75) is 50.6 Å². The van der Waals surface area contributed by atoms with E-state index < -0.39 is 36.4 Å². The SMILES string of the molecule is CCOc1cc(C(CC#N)N2C(=O)c3ccnc(N4CCN(C5CCN(CC(F)(F)c6ccc(Oc7ccc8c(N9CCC(=O)NC9=O)nn(C)c8c7)cc6)CC5)CC4)c3C2=O)ccc1OC. The van der Waals surface area contributed by atoms with Crippen LogP contribution in [0.25, 0.3) is 10.9 Å². The molecule has 1 N–H and O–H groups in total. The number of hydrogen-bond acceptors (Lipinski definition) is 13. The topological polar surface area (TPSA) is 179 Å². The van der Waals surface area contributed by atoms with Crippen LogP contribution in [0, 0.1) is 11.3 Å². The molecule has 4 aliphatic heterocycles. The summed E-state index contributed by atoms with van der Waals surface area (Å²) >= 11 is 0. The number of ether oxygens (including phenoxy) is 3. The number of carbonyl (C=O) groups excluding carboxylic acids is 4. The molecule has 17 nitrogen and oxygen atoms in total. The van der Waals surface area contributed by atoms with Gasteiger partial charge in [0.1, 0.15) is 17.3 Å². The number of nitriles is 1. The normalized spacial score (nSPS) is 18.0. The van der Waals surface area contributed by atoms with Crippen molar-refractivity contribution in [3.8, 4) is 29.1 Å². The van der Waals surface area contributed by atoms with Crippen molar-refractivity contribution < 1.29 is 42.2 Å². The number of benzene rings is 3. The number of nitrogens with one attached hydrogen (secondary N) is 1. The minimum Gasteiger partial charge on any atom is -0.493 e. The lowest BCUT2D eigenvalue weighted by Gasteiger charge is -2.43. The Kier molecular flexibility index (Phi) is 12.5. The Morgan fingerprint density at radius 3 is 2.33 bits per heavy atom. The second-order valence-corrected chi connectivity index (χ2v) is 17.0. The van der Waals surface area contributed by atoms with Gasteiger partial charge in [-0.3, -0.25) is 44.0 Å². The van der Waals surface area contributed by atoms with Crippen molar-refractivity contribution in [1.82, 2.24) is 34.8 Å². The third kappa shape index (κ3) is 8.81. The van der Waals surface area contributed by atoms with Crippen LogP contribution in [0.1, 0.15) is 70.5 Å². The maximum absolute atomic E-state index is 15.8. The average molecular weight is 917 g/mol. The number of rotatable bonds is 14. The molecule has 348 valence electrons. The van der Waals surface area contributed by atoms with Crippen molar-refractivity contribution in [1.29, 1.82) is 5.26 Å². The number of hydrogen-bond donors (Lipinski definition) is 1. The van der Waals surface area contributed by atoms with Gasteiger partial charge in [-0.2, -0.15) is 19.1 Å².